The number of nitrogens with zero attached hydrogens (tertiary/aromatic N) is 3. The molecule has 2 aromatic heterocycles. The van der Waals surface area contributed by atoms with Gasteiger partial charge in [0.25, 0.3) is 0 Å². The van der Waals surface area contributed by atoms with Crippen molar-refractivity contribution in [2.75, 3.05) is 20.0 Å². The van der Waals surface area contributed by atoms with Gasteiger partial charge in [0, 0.05) is 11.6 Å². The summed E-state index contributed by atoms with van der Waals surface area (Å²) in [6, 6.07) is 7.54. The van der Waals surface area contributed by atoms with E-state index in [1.165, 1.54) is 0 Å². The quantitative estimate of drug-likeness (QED) is 0.787. The van der Waals surface area contributed by atoms with Crippen molar-refractivity contribution in [3.05, 3.63) is 36.7 Å². The lowest BCUT2D eigenvalue weighted by Gasteiger charge is -2.08. The van der Waals surface area contributed by atoms with Crippen LogP contribution in [-0.4, -0.2) is 28.8 Å². The summed E-state index contributed by atoms with van der Waals surface area (Å²) in [7, 11) is 3.21. The fourth-order valence-electron chi connectivity index (χ4n) is 2.03. The molecule has 0 fully saturated rings. The number of nitrogen functional groups attached to an aromatic ring is 1. The number of rotatable bonds is 3. The molecule has 102 valence electrons. The molecule has 0 aliphatic heterocycles. The topological polar surface area (TPSA) is 74.7 Å². The first kappa shape index (κ1) is 12.3. The summed E-state index contributed by atoms with van der Waals surface area (Å²) in [5, 5.41) is 4.45. The molecule has 0 unspecified atom stereocenters. The maximum atomic E-state index is 5.70. The highest BCUT2D eigenvalue weighted by molar-refractivity contribution is 5.67. The van der Waals surface area contributed by atoms with Gasteiger partial charge in [-0.25, -0.2) is 9.50 Å². The lowest BCUT2D eigenvalue weighted by Crippen LogP contribution is -1.94. The largest absolute Gasteiger partial charge is 0.493 e. The van der Waals surface area contributed by atoms with Crippen LogP contribution in [0, 0.1) is 0 Å². The maximum Gasteiger partial charge on any atom is 0.161 e. The lowest BCUT2D eigenvalue weighted by molar-refractivity contribution is 0.355. The first-order valence-electron chi connectivity index (χ1n) is 6.04. The fourth-order valence-corrected chi connectivity index (χ4v) is 2.03. The molecule has 6 nitrogen and oxygen atoms in total. The monoisotopic (exact) mass is 270 g/mol. The Morgan fingerprint density at radius 2 is 1.90 bits per heavy atom. The van der Waals surface area contributed by atoms with Gasteiger partial charge in [0.05, 0.1) is 38.0 Å². The number of fused-ring (bicyclic) bond motifs is 1. The second-order valence-corrected chi connectivity index (χ2v) is 4.29. The van der Waals surface area contributed by atoms with Crippen molar-refractivity contribution < 1.29 is 9.47 Å². The Kier molecular flexibility index (Phi) is 2.90. The van der Waals surface area contributed by atoms with E-state index < -0.39 is 0 Å². The van der Waals surface area contributed by atoms with Gasteiger partial charge < -0.3 is 15.2 Å². The highest BCUT2D eigenvalue weighted by atomic mass is 16.5. The molecule has 0 saturated carbocycles. The third-order valence-electron chi connectivity index (χ3n) is 3.01. The zero-order valence-electron chi connectivity index (χ0n) is 11.2. The van der Waals surface area contributed by atoms with Gasteiger partial charge in [0.2, 0.25) is 0 Å². The van der Waals surface area contributed by atoms with Crippen LogP contribution in [0.25, 0.3) is 16.9 Å². The van der Waals surface area contributed by atoms with E-state index in [0.717, 1.165) is 16.9 Å². The zero-order chi connectivity index (χ0) is 14.1. The molecule has 0 bridgehead atoms. The minimum atomic E-state index is 0.569. The van der Waals surface area contributed by atoms with Gasteiger partial charge in [0.1, 0.15) is 0 Å². The Bertz CT molecular complexity index is 767. The summed E-state index contributed by atoms with van der Waals surface area (Å²) in [6.07, 6.45) is 3.34. The smallest absolute Gasteiger partial charge is 0.161 e. The molecule has 0 radical (unpaired) electrons. The SMILES string of the molecule is COc1ccc(-c2cc3ncc(N)cn3n2)cc1OC. The summed E-state index contributed by atoms with van der Waals surface area (Å²) in [6.45, 7) is 0. The summed E-state index contributed by atoms with van der Waals surface area (Å²) in [4.78, 5) is 4.22. The first-order valence-corrected chi connectivity index (χ1v) is 6.04. The van der Waals surface area contributed by atoms with E-state index in [1.807, 2.05) is 24.3 Å². The number of benzene rings is 1. The Labute approximate surface area is 115 Å². The van der Waals surface area contributed by atoms with Crippen molar-refractivity contribution >= 4 is 11.3 Å². The van der Waals surface area contributed by atoms with Gasteiger partial charge in [-0.15, -0.1) is 0 Å². The van der Waals surface area contributed by atoms with Crippen LogP contribution in [0.5, 0.6) is 11.5 Å². The van der Waals surface area contributed by atoms with Gasteiger partial charge in [-0.1, -0.05) is 0 Å². The van der Waals surface area contributed by atoms with E-state index in [1.54, 1.807) is 31.1 Å². The third-order valence-corrected chi connectivity index (χ3v) is 3.01. The van der Waals surface area contributed by atoms with Crippen molar-refractivity contribution in [2.24, 2.45) is 0 Å². The van der Waals surface area contributed by atoms with Crippen molar-refractivity contribution in [1.29, 1.82) is 0 Å². The zero-order valence-corrected chi connectivity index (χ0v) is 11.2. The number of anilines is 1. The summed E-state index contributed by atoms with van der Waals surface area (Å²) < 4.78 is 12.2. The third kappa shape index (κ3) is 2.01. The molecule has 2 N–H and O–H groups in total. The molecule has 0 atom stereocenters. The van der Waals surface area contributed by atoms with Gasteiger partial charge in [-0.3, -0.25) is 0 Å². The van der Waals surface area contributed by atoms with E-state index >= 15 is 0 Å². The number of nitrogens with two attached hydrogens (primary N) is 1. The van der Waals surface area contributed by atoms with Crippen LogP contribution in [-0.2, 0) is 0 Å². The fraction of sp³-hybridized carbons (Fsp3) is 0.143. The average molecular weight is 270 g/mol. The van der Waals surface area contributed by atoms with Crippen molar-refractivity contribution in [3.63, 3.8) is 0 Å². The Balaban J connectivity index is 2.10. The number of aromatic nitrogens is 3. The minimum absolute atomic E-state index is 0.569. The normalized spacial score (nSPS) is 10.7. The van der Waals surface area contributed by atoms with Gasteiger partial charge >= 0.3 is 0 Å². The second-order valence-electron chi connectivity index (χ2n) is 4.29. The minimum Gasteiger partial charge on any atom is -0.493 e. The van der Waals surface area contributed by atoms with Crippen LogP contribution in [0.1, 0.15) is 0 Å². The Morgan fingerprint density at radius 1 is 1.10 bits per heavy atom. The number of methoxy groups -OCH3 is 2. The molecule has 0 spiro atoms. The standard InChI is InChI=1S/C14H14N4O2/c1-19-12-4-3-9(5-13(12)20-2)11-6-14-16-7-10(15)8-18(14)17-11/h3-8H,15H2,1-2H3. The number of ether oxygens (including phenoxy) is 2. The summed E-state index contributed by atoms with van der Waals surface area (Å²) in [5.41, 5.74) is 8.72. The van der Waals surface area contributed by atoms with Crippen LogP contribution in [0.3, 0.4) is 0 Å². The number of hydrogen-bond acceptors (Lipinski definition) is 5. The first-order chi connectivity index (χ1) is 9.71. The Morgan fingerprint density at radius 3 is 2.65 bits per heavy atom. The molecule has 0 saturated heterocycles. The van der Waals surface area contributed by atoms with Gasteiger partial charge in [0.15, 0.2) is 17.1 Å². The Hall–Kier alpha value is -2.76. The molecule has 0 aliphatic rings. The van der Waals surface area contributed by atoms with E-state index in [2.05, 4.69) is 10.1 Å². The second kappa shape index (κ2) is 4.73. The molecule has 6 heteroatoms. The van der Waals surface area contributed by atoms with Crippen molar-refractivity contribution in [2.45, 2.75) is 0 Å². The van der Waals surface area contributed by atoms with Gasteiger partial charge in [-0.2, -0.15) is 5.10 Å². The predicted octanol–water partition coefficient (Wildman–Crippen LogP) is 2.00. The van der Waals surface area contributed by atoms with Crippen LogP contribution in [0.4, 0.5) is 5.69 Å². The molecule has 0 aliphatic carbocycles. The molecule has 1 aromatic carbocycles. The van der Waals surface area contributed by atoms with Crippen LogP contribution < -0.4 is 15.2 Å². The molecule has 20 heavy (non-hydrogen) atoms. The summed E-state index contributed by atoms with van der Waals surface area (Å²) in [5.74, 6) is 1.34. The van der Waals surface area contributed by atoms with E-state index in [9.17, 15) is 0 Å². The molecule has 3 aromatic rings. The average Bonchev–Trinajstić information content (AvgIpc) is 2.89. The molecule has 3 rings (SSSR count). The summed E-state index contributed by atoms with van der Waals surface area (Å²) >= 11 is 0. The van der Waals surface area contributed by atoms with Crippen LogP contribution >= 0.6 is 0 Å². The molecular formula is C14H14N4O2. The molecule has 0 amide bonds. The van der Waals surface area contributed by atoms with Crippen LogP contribution in [0.15, 0.2) is 36.7 Å². The predicted molar refractivity (Wildman–Crippen MR) is 75.9 cm³/mol. The lowest BCUT2D eigenvalue weighted by atomic mass is 10.1. The van der Waals surface area contributed by atoms with Crippen molar-refractivity contribution in [3.8, 4) is 22.8 Å². The van der Waals surface area contributed by atoms with E-state index in [0.29, 0.717) is 17.2 Å². The highest BCUT2D eigenvalue weighted by Crippen LogP contribution is 2.31. The van der Waals surface area contributed by atoms with Gasteiger partial charge in [-0.05, 0) is 18.2 Å². The number of hydrogen-bond donors (Lipinski definition) is 1. The molecule has 2 heterocycles. The van der Waals surface area contributed by atoms with E-state index in [4.69, 9.17) is 15.2 Å². The molecular weight excluding hydrogens is 256 g/mol. The van der Waals surface area contributed by atoms with E-state index in [-0.39, 0.29) is 0 Å². The van der Waals surface area contributed by atoms with Crippen molar-refractivity contribution in [1.82, 2.24) is 14.6 Å². The maximum absolute atomic E-state index is 5.70. The van der Waals surface area contributed by atoms with Crippen LogP contribution in [0.2, 0.25) is 0 Å². The highest BCUT2D eigenvalue weighted by Gasteiger charge is 2.09.